The molecule has 1 aliphatic rings. The van der Waals surface area contributed by atoms with Crippen molar-refractivity contribution >= 4 is 10.4 Å². The quantitative estimate of drug-likeness (QED) is 0.299. The zero-order valence-corrected chi connectivity index (χ0v) is 8.03. The number of ether oxygens (including phenoxy) is 1. The Bertz CT molecular complexity index is 203. The van der Waals surface area contributed by atoms with Crippen LogP contribution >= 0.6 is 0 Å². The van der Waals surface area contributed by atoms with E-state index in [0.29, 0.717) is 6.10 Å². The van der Waals surface area contributed by atoms with Crippen molar-refractivity contribution in [2.75, 3.05) is 6.61 Å². The molecule has 0 bridgehead atoms. The first kappa shape index (κ1) is 18.3. The van der Waals surface area contributed by atoms with Gasteiger partial charge in [-0.25, -0.2) is 0 Å². The van der Waals surface area contributed by atoms with Gasteiger partial charge < -0.3 is 17.0 Å². The Morgan fingerprint density at radius 2 is 1.77 bits per heavy atom. The summed E-state index contributed by atoms with van der Waals surface area (Å²) in [5.41, 5.74) is 0. The molecule has 0 aromatic carbocycles. The van der Waals surface area contributed by atoms with Gasteiger partial charge >= 0.3 is 10.4 Å². The van der Waals surface area contributed by atoms with E-state index in [2.05, 4.69) is 6.58 Å². The summed E-state index contributed by atoms with van der Waals surface area (Å²) in [6.07, 6.45) is 3.44. The van der Waals surface area contributed by atoms with E-state index in [-0.39, 0.29) is 12.3 Å². The second kappa shape index (κ2) is 8.10. The average Bonchev–Trinajstić information content (AvgIpc) is 2.45. The van der Waals surface area contributed by atoms with E-state index in [0.717, 1.165) is 13.0 Å². The van der Waals surface area contributed by atoms with Crippen LogP contribution in [-0.4, -0.2) is 30.2 Å². The smallest absolute Gasteiger partial charge is 0.373 e. The number of hydrogen-bond acceptors (Lipinski definition) is 5. The first-order valence-electron chi connectivity index (χ1n) is 2.86. The molecule has 1 heterocycles. The third kappa shape index (κ3) is 34.3. The highest BCUT2D eigenvalue weighted by Crippen LogP contribution is 2.12. The summed E-state index contributed by atoms with van der Waals surface area (Å²) in [6.45, 7) is 4.51. The van der Waals surface area contributed by atoms with Crippen LogP contribution in [0.2, 0.25) is 0 Å². The van der Waals surface area contributed by atoms with Crippen LogP contribution in [-0.2, 0) is 15.1 Å². The molecule has 0 amide bonds. The van der Waals surface area contributed by atoms with Gasteiger partial charge in [-0.15, -0.1) is 6.58 Å². The van der Waals surface area contributed by atoms with Crippen LogP contribution in [0.15, 0.2) is 12.7 Å². The summed E-state index contributed by atoms with van der Waals surface area (Å²) in [5, 5.41) is 0. The van der Waals surface area contributed by atoms with Crippen LogP contribution < -0.4 is 12.3 Å². The lowest BCUT2D eigenvalue weighted by Crippen LogP contribution is -1.89. The van der Waals surface area contributed by atoms with E-state index in [1.54, 1.807) is 0 Å². The SMILES string of the molecule is C=CCC1CO1.N.N.O=S(=O)(O)O. The molecular formula is C5H16N2O5S. The van der Waals surface area contributed by atoms with Crippen LogP contribution in [0.25, 0.3) is 0 Å². The molecular weight excluding hydrogens is 200 g/mol. The molecule has 7 nitrogen and oxygen atoms in total. The van der Waals surface area contributed by atoms with E-state index < -0.39 is 10.4 Å². The zero-order valence-electron chi connectivity index (χ0n) is 7.22. The molecule has 0 saturated carbocycles. The predicted molar refractivity (Wildman–Crippen MR) is 48.8 cm³/mol. The maximum absolute atomic E-state index is 8.74. The van der Waals surface area contributed by atoms with Gasteiger partial charge in [-0.3, -0.25) is 9.11 Å². The topological polar surface area (TPSA) is 157 Å². The fourth-order valence-electron chi connectivity index (χ4n) is 0.390. The molecule has 1 atom stereocenters. The Balaban J connectivity index is -0.000000136. The van der Waals surface area contributed by atoms with E-state index in [1.807, 2.05) is 6.08 Å². The zero-order chi connectivity index (χ0) is 8.91. The van der Waals surface area contributed by atoms with Gasteiger partial charge in [0.15, 0.2) is 0 Å². The molecule has 1 saturated heterocycles. The monoisotopic (exact) mass is 216 g/mol. The van der Waals surface area contributed by atoms with Crippen molar-refractivity contribution in [2.45, 2.75) is 12.5 Å². The molecule has 0 aromatic heterocycles. The minimum Gasteiger partial charge on any atom is -0.373 e. The summed E-state index contributed by atoms with van der Waals surface area (Å²) < 4.78 is 36.5. The van der Waals surface area contributed by atoms with Crippen LogP contribution in [0.4, 0.5) is 0 Å². The van der Waals surface area contributed by atoms with Crippen LogP contribution in [0.3, 0.4) is 0 Å². The fraction of sp³-hybridized carbons (Fsp3) is 0.600. The third-order valence-electron chi connectivity index (χ3n) is 0.832. The van der Waals surface area contributed by atoms with Crippen molar-refractivity contribution < 1.29 is 22.3 Å². The lowest BCUT2D eigenvalue weighted by Gasteiger charge is -1.73. The van der Waals surface area contributed by atoms with Crippen LogP contribution in [0, 0.1) is 0 Å². The summed E-state index contributed by atoms with van der Waals surface area (Å²) >= 11 is 0. The summed E-state index contributed by atoms with van der Waals surface area (Å²) in [6, 6.07) is 0. The Kier molecular flexibility index (Phi) is 11.4. The number of epoxide rings is 1. The standard InChI is InChI=1S/C5H8O.2H3N.H2O4S/c1-2-3-5-4-6-5;;;1-5(2,3)4/h2,5H,1,3-4H2;2*1H3;(H2,1,2,3,4). The fourth-order valence-corrected chi connectivity index (χ4v) is 0.390. The van der Waals surface area contributed by atoms with Gasteiger partial charge in [-0.05, 0) is 6.42 Å². The Morgan fingerprint density at radius 1 is 1.46 bits per heavy atom. The lowest BCUT2D eigenvalue weighted by atomic mass is 10.3. The first-order chi connectivity index (χ1) is 4.93. The highest BCUT2D eigenvalue weighted by Gasteiger charge is 2.19. The molecule has 1 fully saturated rings. The molecule has 13 heavy (non-hydrogen) atoms. The molecule has 82 valence electrons. The van der Waals surface area contributed by atoms with Crippen molar-refractivity contribution in [3.05, 3.63) is 12.7 Å². The molecule has 1 rings (SSSR count). The van der Waals surface area contributed by atoms with Gasteiger partial charge in [0.2, 0.25) is 0 Å². The summed E-state index contributed by atoms with van der Waals surface area (Å²) in [5.74, 6) is 0. The lowest BCUT2D eigenvalue weighted by molar-refractivity contribution is 0.381. The first-order valence-corrected chi connectivity index (χ1v) is 4.25. The normalized spacial score (nSPS) is 18.2. The van der Waals surface area contributed by atoms with Crippen LogP contribution in [0.1, 0.15) is 6.42 Å². The van der Waals surface area contributed by atoms with Crippen LogP contribution in [0.5, 0.6) is 0 Å². The molecule has 0 aliphatic carbocycles. The van der Waals surface area contributed by atoms with Crippen molar-refractivity contribution in [3.63, 3.8) is 0 Å². The Hall–Kier alpha value is -0.510. The maximum atomic E-state index is 8.74. The Labute approximate surface area is 77.5 Å². The van der Waals surface area contributed by atoms with Gasteiger partial charge in [-0.2, -0.15) is 8.42 Å². The van der Waals surface area contributed by atoms with E-state index in [9.17, 15) is 0 Å². The molecule has 1 unspecified atom stereocenters. The Morgan fingerprint density at radius 3 is 1.85 bits per heavy atom. The molecule has 8 N–H and O–H groups in total. The van der Waals surface area contributed by atoms with Gasteiger partial charge in [0.05, 0.1) is 12.7 Å². The second-order valence-electron chi connectivity index (χ2n) is 1.93. The van der Waals surface area contributed by atoms with E-state index >= 15 is 0 Å². The molecule has 0 radical (unpaired) electrons. The molecule has 0 aromatic rings. The van der Waals surface area contributed by atoms with Gasteiger partial charge in [0.1, 0.15) is 0 Å². The summed E-state index contributed by atoms with van der Waals surface area (Å²) in [7, 11) is -4.67. The molecule has 0 spiro atoms. The molecule has 1 aliphatic heterocycles. The minimum atomic E-state index is -4.67. The minimum absolute atomic E-state index is 0. The third-order valence-corrected chi connectivity index (χ3v) is 0.832. The predicted octanol–water partition coefficient (Wildman–Crippen LogP) is 0.632. The van der Waals surface area contributed by atoms with Crippen molar-refractivity contribution in [1.82, 2.24) is 12.3 Å². The molecule has 8 heteroatoms. The average molecular weight is 216 g/mol. The summed E-state index contributed by atoms with van der Waals surface area (Å²) in [4.78, 5) is 0. The van der Waals surface area contributed by atoms with E-state index in [1.165, 1.54) is 0 Å². The van der Waals surface area contributed by atoms with Crippen molar-refractivity contribution in [3.8, 4) is 0 Å². The highest BCUT2D eigenvalue weighted by atomic mass is 32.3. The largest absolute Gasteiger partial charge is 0.394 e. The van der Waals surface area contributed by atoms with E-state index in [4.69, 9.17) is 22.3 Å². The van der Waals surface area contributed by atoms with Gasteiger partial charge in [0.25, 0.3) is 0 Å². The second-order valence-corrected chi connectivity index (χ2v) is 2.82. The number of rotatable bonds is 2. The highest BCUT2D eigenvalue weighted by molar-refractivity contribution is 7.79. The van der Waals surface area contributed by atoms with Gasteiger partial charge in [0, 0.05) is 0 Å². The maximum Gasteiger partial charge on any atom is 0.394 e. The van der Waals surface area contributed by atoms with Crippen molar-refractivity contribution in [1.29, 1.82) is 0 Å². The number of hydrogen-bond donors (Lipinski definition) is 4. The van der Waals surface area contributed by atoms with Gasteiger partial charge in [-0.1, -0.05) is 6.08 Å². The van der Waals surface area contributed by atoms with Crippen molar-refractivity contribution in [2.24, 2.45) is 0 Å².